The molecule has 1 atom stereocenters. The Morgan fingerprint density at radius 3 is 2.33 bits per heavy atom. The predicted molar refractivity (Wildman–Crippen MR) is 72.9 cm³/mol. The fraction of sp³-hybridized carbons (Fsp3) is 0.250. The minimum Gasteiger partial charge on any atom is -0.489 e. The molecule has 0 saturated carbocycles. The van der Waals surface area contributed by atoms with E-state index >= 15 is 0 Å². The molecule has 0 spiro atoms. The van der Waals surface area contributed by atoms with E-state index in [-0.39, 0.29) is 6.61 Å². The topological polar surface area (TPSA) is 29.5 Å². The molecule has 2 rings (SSSR count). The molecule has 0 aromatic heterocycles. The van der Waals surface area contributed by atoms with Crippen molar-refractivity contribution in [1.29, 1.82) is 0 Å². The van der Waals surface area contributed by atoms with Crippen LogP contribution in [0, 0.1) is 0 Å². The van der Waals surface area contributed by atoms with Crippen LogP contribution in [0.5, 0.6) is 5.75 Å². The first kappa shape index (κ1) is 15.4. The van der Waals surface area contributed by atoms with Gasteiger partial charge in [0.1, 0.15) is 12.4 Å². The van der Waals surface area contributed by atoms with Crippen LogP contribution in [0.25, 0.3) is 0 Å². The van der Waals surface area contributed by atoms with Gasteiger partial charge in [-0.3, -0.25) is 0 Å². The Kier molecular flexibility index (Phi) is 4.53. The van der Waals surface area contributed by atoms with Gasteiger partial charge in [0, 0.05) is 0 Å². The van der Waals surface area contributed by atoms with Crippen molar-refractivity contribution in [2.45, 2.75) is 25.8 Å². The maximum atomic E-state index is 12.4. The average Bonchev–Trinajstić information content (AvgIpc) is 2.45. The van der Waals surface area contributed by atoms with Crippen LogP contribution in [0.3, 0.4) is 0 Å². The molecule has 1 N–H and O–H groups in total. The Bertz CT molecular complexity index is 589. The van der Waals surface area contributed by atoms with Crippen LogP contribution < -0.4 is 4.74 Å². The highest BCUT2D eigenvalue weighted by Crippen LogP contribution is 2.29. The summed E-state index contributed by atoms with van der Waals surface area (Å²) in [6.07, 6.45) is -4.93. The van der Waals surface area contributed by atoms with Gasteiger partial charge in [0.05, 0.1) is 11.7 Å². The van der Waals surface area contributed by atoms with Crippen LogP contribution >= 0.6 is 0 Å². The second kappa shape index (κ2) is 6.18. The third kappa shape index (κ3) is 4.23. The molecule has 0 aliphatic carbocycles. The Labute approximate surface area is 120 Å². The number of benzene rings is 2. The Balaban J connectivity index is 2.01. The first-order valence-corrected chi connectivity index (χ1v) is 6.43. The van der Waals surface area contributed by atoms with E-state index in [1.807, 2.05) is 0 Å². The SMILES string of the molecule is CC(O)c1cccc(OCc2ccc(C(F)(F)F)cc2)c1. The second-order valence-electron chi connectivity index (χ2n) is 4.73. The molecule has 112 valence electrons. The largest absolute Gasteiger partial charge is 0.489 e. The number of hydrogen-bond donors (Lipinski definition) is 1. The number of rotatable bonds is 4. The lowest BCUT2D eigenvalue weighted by atomic mass is 10.1. The Morgan fingerprint density at radius 2 is 1.76 bits per heavy atom. The third-order valence-electron chi connectivity index (χ3n) is 3.03. The minimum absolute atomic E-state index is 0.168. The summed E-state index contributed by atoms with van der Waals surface area (Å²) >= 11 is 0. The van der Waals surface area contributed by atoms with E-state index in [2.05, 4.69) is 0 Å². The summed E-state index contributed by atoms with van der Waals surface area (Å²) in [7, 11) is 0. The molecule has 2 aromatic rings. The summed E-state index contributed by atoms with van der Waals surface area (Å²) in [5, 5.41) is 9.48. The van der Waals surface area contributed by atoms with E-state index in [0.717, 1.165) is 17.7 Å². The molecule has 0 aliphatic rings. The first-order chi connectivity index (χ1) is 9.86. The van der Waals surface area contributed by atoms with E-state index in [4.69, 9.17) is 4.74 Å². The number of halogens is 3. The monoisotopic (exact) mass is 296 g/mol. The zero-order chi connectivity index (χ0) is 15.5. The van der Waals surface area contributed by atoms with Gasteiger partial charge in [0.15, 0.2) is 0 Å². The molecule has 0 amide bonds. The minimum atomic E-state index is -4.33. The van der Waals surface area contributed by atoms with Crippen LogP contribution in [-0.2, 0) is 12.8 Å². The van der Waals surface area contributed by atoms with Gasteiger partial charge in [-0.2, -0.15) is 13.2 Å². The van der Waals surface area contributed by atoms with Crippen molar-refractivity contribution < 1.29 is 23.0 Å². The van der Waals surface area contributed by atoms with E-state index in [0.29, 0.717) is 11.3 Å². The molecule has 5 heteroatoms. The normalized spacial score (nSPS) is 13.0. The third-order valence-corrected chi connectivity index (χ3v) is 3.03. The maximum absolute atomic E-state index is 12.4. The van der Waals surface area contributed by atoms with E-state index in [1.165, 1.54) is 12.1 Å². The first-order valence-electron chi connectivity index (χ1n) is 6.43. The Hall–Kier alpha value is -2.01. The summed E-state index contributed by atoms with van der Waals surface area (Å²) in [6, 6.07) is 11.8. The molecule has 0 fully saturated rings. The molecular weight excluding hydrogens is 281 g/mol. The summed E-state index contributed by atoms with van der Waals surface area (Å²) < 4.78 is 42.8. The molecule has 0 heterocycles. The summed E-state index contributed by atoms with van der Waals surface area (Å²) in [4.78, 5) is 0. The van der Waals surface area contributed by atoms with E-state index < -0.39 is 17.8 Å². The zero-order valence-corrected chi connectivity index (χ0v) is 11.4. The van der Waals surface area contributed by atoms with Gasteiger partial charge in [-0.05, 0) is 42.3 Å². The summed E-state index contributed by atoms with van der Waals surface area (Å²) in [6.45, 7) is 1.82. The highest BCUT2D eigenvalue weighted by Gasteiger charge is 2.29. The number of alkyl halides is 3. The highest BCUT2D eigenvalue weighted by atomic mass is 19.4. The van der Waals surface area contributed by atoms with Crippen LogP contribution in [0.1, 0.15) is 29.7 Å². The van der Waals surface area contributed by atoms with Gasteiger partial charge in [-0.25, -0.2) is 0 Å². The summed E-state index contributed by atoms with van der Waals surface area (Å²) in [5.74, 6) is 0.563. The van der Waals surface area contributed by atoms with Crippen molar-refractivity contribution in [3.63, 3.8) is 0 Å². The van der Waals surface area contributed by atoms with Gasteiger partial charge in [-0.1, -0.05) is 24.3 Å². The molecule has 2 aromatic carbocycles. The lowest BCUT2D eigenvalue weighted by Gasteiger charge is -2.11. The van der Waals surface area contributed by atoms with Gasteiger partial charge < -0.3 is 9.84 Å². The lowest BCUT2D eigenvalue weighted by molar-refractivity contribution is -0.137. The molecule has 0 aliphatic heterocycles. The van der Waals surface area contributed by atoms with Crippen LogP contribution in [0.2, 0.25) is 0 Å². The molecule has 0 radical (unpaired) electrons. The molecule has 0 saturated heterocycles. The van der Waals surface area contributed by atoms with Crippen molar-refractivity contribution in [2.75, 3.05) is 0 Å². The molecule has 21 heavy (non-hydrogen) atoms. The van der Waals surface area contributed by atoms with Gasteiger partial charge in [0.25, 0.3) is 0 Å². The quantitative estimate of drug-likeness (QED) is 0.909. The van der Waals surface area contributed by atoms with Gasteiger partial charge in [-0.15, -0.1) is 0 Å². The van der Waals surface area contributed by atoms with Crippen LogP contribution in [0.4, 0.5) is 13.2 Å². The van der Waals surface area contributed by atoms with Gasteiger partial charge >= 0.3 is 6.18 Å². The average molecular weight is 296 g/mol. The molecule has 1 unspecified atom stereocenters. The molecule has 2 nitrogen and oxygen atoms in total. The number of aliphatic hydroxyl groups is 1. The standard InChI is InChI=1S/C16H15F3O2/c1-11(20)13-3-2-4-15(9-13)21-10-12-5-7-14(8-6-12)16(17,18)19/h2-9,11,20H,10H2,1H3. The molecular formula is C16H15F3O2. The fourth-order valence-corrected chi connectivity index (χ4v) is 1.82. The van der Waals surface area contributed by atoms with Crippen molar-refractivity contribution >= 4 is 0 Å². The van der Waals surface area contributed by atoms with E-state index in [9.17, 15) is 18.3 Å². The van der Waals surface area contributed by atoms with E-state index in [1.54, 1.807) is 31.2 Å². The van der Waals surface area contributed by atoms with Crippen molar-refractivity contribution in [3.05, 3.63) is 65.2 Å². The smallest absolute Gasteiger partial charge is 0.416 e. The fourth-order valence-electron chi connectivity index (χ4n) is 1.82. The Morgan fingerprint density at radius 1 is 1.10 bits per heavy atom. The second-order valence-corrected chi connectivity index (χ2v) is 4.73. The van der Waals surface area contributed by atoms with Crippen molar-refractivity contribution in [1.82, 2.24) is 0 Å². The maximum Gasteiger partial charge on any atom is 0.416 e. The summed E-state index contributed by atoms with van der Waals surface area (Å²) in [5.41, 5.74) is 0.688. The highest BCUT2D eigenvalue weighted by molar-refractivity contribution is 5.30. The van der Waals surface area contributed by atoms with Crippen molar-refractivity contribution in [2.24, 2.45) is 0 Å². The van der Waals surface area contributed by atoms with Gasteiger partial charge in [0.2, 0.25) is 0 Å². The van der Waals surface area contributed by atoms with Crippen molar-refractivity contribution in [3.8, 4) is 5.75 Å². The number of aliphatic hydroxyl groups excluding tert-OH is 1. The van der Waals surface area contributed by atoms with Crippen LogP contribution in [0.15, 0.2) is 48.5 Å². The lowest BCUT2D eigenvalue weighted by Crippen LogP contribution is -2.05. The predicted octanol–water partition coefficient (Wildman–Crippen LogP) is 4.34. The van der Waals surface area contributed by atoms with Crippen LogP contribution in [-0.4, -0.2) is 5.11 Å². The molecule has 0 bridgehead atoms. The zero-order valence-electron chi connectivity index (χ0n) is 11.4. The number of hydrogen-bond acceptors (Lipinski definition) is 2. The number of ether oxygens (including phenoxy) is 1.